The van der Waals surface area contributed by atoms with Crippen molar-refractivity contribution in [1.82, 2.24) is 10.3 Å². The zero-order valence-electron chi connectivity index (χ0n) is 30.2. The van der Waals surface area contributed by atoms with Crippen molar-refractivity contribution >= 4 is 13.5 Å². The van der Waals surface area contributed by atoms with Crippen molar-refractivity contribution in [2.45, 2.75) is 136 Å². The van der Waals surface area contributed by atoms with Crippen LogP contribution in [0.2, 0.25) is 0 Å². The number of amides is 1. The van der Waals surface area contributed by atoms with Gasteiger partial charge < -0.3 is 23.8 Å². The number of aromatic nitrogens is 1. The summed E-state index contributed by atoms with van der Waals surface area (Å²) < 4.78 is 71.9. The van der Waals surface area contributed by atoms with Gasteiger partial charge in [0.2, 0.25) is 5.91 Å². The zero-order valence-corrected chi connectivity index (χ0v) is 31.1. The Bertz CT molecular complexity index is 1270. The fourth-order valence-electron chi connectivity index (χ4n) is 5.36. The van der Waals surface area contributed by atoms with Gasteiger partial charge in [0.1, 0.15) is 18.1 Å². The van der Waals surface area contributed by atoms with Crippen LogP contribution >= 0.6 is 7.60 Å². The molecule has 1 heterocycles. The highest BCUT2D eigenvalue weighted by Crippen LogP contribution is 2.49. The number of halogens is 3. The summed E-state index contributed by atoms with van der Waals surface area (Å²) in [7, 11) is -3.46. The van der Waals surface area contributed by atoms with Crippen LogP contribution in [0.25, 0.3) is 0 Å². The lowest BCUT2D eigenvalue weighted by Gasteiger charge is -2.18. The predicted octanol–water partition coefficient (Wildman–Crippen LogP) is 10.9. The molecule has 2 aromatic rings. The third-order valence-electron chi connectivity index (χ3n) is 7.93. The van der Waals surface area contributed by atoms with Gasteiger partial charge in [-0.1, -0.05) is 102 Å². The van der Waals surface area contributed by atoms with Gasteiger partial charge in [-0.3, -0.25) is 14.3 Å². The zero-order chi connectivity index (χ0) is 36.5. The number of hydrogen-bond acceptors (Lipinski definition) is 7. The van der Waals surface area contributed by atoms with Crippen molar-refractivity contribution in [3.05, 3.63) is 65.7 Å². The molecule has 12 heteroatoms. The van der Waals surface area contributed by atoms with Crippen LogP contribution in [0.15, 0.2) is 54.5 Å². The minimum absolute atomic E-state index is 0.0350. The Kier molecular flexibility index (Phi) is 21.8. The van der Waals surface area contributed by atoms with Crippen LogP contribution in [0.5, 0.6) is 11.5 Å². The minimum atomic E-state index is -4.43. The number of benzene rings is 1. The van der Waals surface area contributed by atoms with E-state index < -0.39 is 26.4 Å². The molecule has 0 aliphatic carbocycles. The molecule has 0 radical (unpaired) electrons. The maximum atomic E-state index is 13.1. The third-order valence-corrected chi connectivity index (χ3v) is 9.70. The molecule has 282 valence electrons. The SMILES string of the molecule is CCCCCCCCCCCCCCCC(=O)N[C@@H](C=CP(=O)(OCC)OCC)Cc1ccc(OCc2cc(OCC(F)(F)F)ccn2)cc1. The Labute approximate surface area is 297 Å². The lowest BCUT2D eigenvalue weighted by molar-refractivity contribution is -0.153. The van der Waals surface area contributed by atoms with Gasteiger partial charge in [-0.2, -0.15) is 13.2 Å². The Morgan fingerprint density at radius 3 is 1.96 bits per heavy atom. The largest absolute Gasteiger partial charge is 0.487 e. The Morgan fingerprint density at radius 2 is 1.40 bits per heavy atom. The van der Waals surface area contributed by atoms with E-state index in [0.29, 0.717) is 24.3 Å². The van der Waals surface area contributed by atoms with E-state index in [4.69, 9.17) is 18.5 Å². The number of unbranched alkanes of at least 4 members (excludes halogenated alkanes) is 12. The van der Waals surface area contributed by atoms with Crippen LogP contribution in [0.3, 0.4) is 0 Å². The molecule has 8 nitrogen and oxygen atoms in total. The molecule has 0 unspecified atom stereocenters. The summed E-state index contributed by atoms with van der Waals surface area (Å²) in [6.45, 7) is 4.82. The first kappa shape index (κ1) is 43.3. The summed E-state index contributed by atoms with van der Waals surface area (Å²) in [5.74, 6) is 1.94. The van der Waals surface area contributed by atoms with Gasteiger partial charge in [-0.15, -0.1) is 0 Å². The van der Waals surface area contributed by atoms with Crippen LogP contribution < -0.4 is 14.8 Å². The van der Waals surface area contributed by atoms with Crippen molar-refractivity contribution in [1.29, 1.82) is 0 Å². The first-order valence-electron chi connectivity index (χ1n) is 18.3. The number of carbonyl (C=O) groups excluding carboxylic acids is 1. The molecule has 1 aromatic heterocycles. The summed E-state index contributed by atoms with van der Waals surface area (Å²) >= 11 is 0. The molecule has 0 aliphatic heterocycles. The van der Waals surface area contributed by atoms with Gasteiger partial charge in [-0.25, -0.2) is 0 Å². The average Bonchev–Trinajstić information content (AvgIpc) is 3.08. The van der Waals surface area contributed by atoms with Gasteiger partial charge in [0.25, 0.3) is 0 Å². The summed E-state index contributed by atoms with van der Waals surface area (Å²) in [6.07, 6.45) is 15.5. The summed E-state index contributed by atoms with van der Waals surface area (Å²) in [6, 6.07) is 9.55. The quantitative estimate of drug-likeness (QED) is 0.0689. The summed E-state index contributed by atoms with van der Waals surface area (Å²) in [4.78, 5) is 17.1. The highest BCUT2D eigenvalue weighted by atomic mass is 31.2. The van der Waals surface area contributed by atoms with Crippen LogP contribution in [-0.2, 0) is 31.4 Å². The van der Waals surface area contributed by atoms with Crippen molar-refractivity contribution in [3.8, 4) is 11.5 Å². The lowest BCUT2D eigenvalue weighted by atomic mass is 10.0. The molecule has 1 N–H and O–H groups in total. The van der Waals surface area contributed by atoms with E-state index in [1.807, 2.05) is 12.1 Å². The molecule has 1 atom stereocenters. The number of nitrogens with one attached hydrogen (secondary N) is 1. The number of ether oxygens (including phenoxy) is 2. The third kappa shape index (κ3) is 20.7. The molecule has 0 aliphatic rings. The van der Waals surface area contributed by atoms with Crippen LogP contribution in [0.1, 0.15) is 122 Å². The number of carbonyl (C=O) groups is 1. The maximum Gasteiger partial charge on any atom is 0.422 e. The summed E-state index contributed by atoms with van der Waals surface area (Å²) in [5, 5.41) is 3.07. The fraction of sp³-hybridized carbons (Fsp3) is 0.632. The second kappa shape index (κ2) is 25.1. The minimum Gasteiger partial charge on any atom is -0.487 e. The highest BCUT2D eigenvalue weighted by Gasteiger charge is 2.28. The Hall–Kier alpha value is -2.88. The monoisotopic (exact) mass is 726 g/mol. The number of pyridine rings is 1. The molecule has 0 fully saturated rings. The standard InChI is InChI=1S/C38H58F3N2O6P/c1-4-7-8-9-10-11-12-13-14-15-16-17-18-19-37(44)43-33(25-27-50(45,48-5-2)49-6-3)28-32-20-22-35(23-21-32)46-30-34-29-36(24-26-42-34)47-31-38(39,40)41/h20-27,29,33H,4-19,28,30-31H2,1-3H3,(H,43,44)/t33-/m0/s1. The van der Waals surface area contributed by atoms with Gasteiger partial charge >= 0.3 is 13.8 Å². The van der Waals surface area contributed by atoms with E-state index in [9.17, 15) is 22.5 Å². The first-order valence-corrected chi connectivity index (χ1v) is 19.9. The van der Waals surface area contributed by atoms with Crippen molar-refractivity contribution in [2.24, 2.45) is 0 Å². The molecular formula is C38H58F3N2O6P. The summed E-state index contributed by atoms with van der Waals surface area (Å²) in [5.41, 5.74) is 1.31. The smallest absolute Gasteiger partial charge is 0.422 e. The van der Waals surface area contributed by atoms with Crippen molar-refractivity contribution in [2.75, 3.05) is 19.8 Å². The Morgan fingerprint density at radius 1 is 0.820 bits per heavy atom. The van der Waals surface area contributed by atoms with E-state index in [-0.39, 0.29) is 31.5 Å². The van der Waals surface area contributed by atoms with Crippen LogP contribution in [-0.4, -0.2) is 42.9 Å². The van der Waals surface area contributed by atoms with E-state index in [1.54, 1.807) is 32.1 Å². The molecule has 2 rings (SSSR count). The van der Waals surface area contributed by atoms with Gasteiger partial charge in [0.05, 0.1) is 24.9 Å². The molecule has 0 bridgehead atoms. The fourth-order valence-corrected chi connectivity index (χ4v) is 6.75. The topological polar surface area (TPSA) is 96.0 Å². The number of rotatable bonds is 28. The lowest BCUT2D eigenvalue weighted by Crippen LogP contribution is -2.34. The molecule has 1 aromatic carbocycles. The van der Waals surface area contributed by atoms with Crippen molar-refractivity contribution in [3.63, 3.8) is 0 Å². The highest BCUT2D eigenvalue weighted by molar-refractivity contribution is 7.57. The second-order valence-corrected chi connectivity index (χ2v) is 14.3. The number of hydrogen-bond donors (Lipinski definition) is 1. The van der Waals surface area contributed by atoms with E-state index >= 15 is 0 Å². The van der Waals surface area contributed by atoms with E-state index in [0.717, 1.165) is 24.8 Å². The van der Waals surface area contributed by atoms with E-state index in [1.165, 1.54) is 88.4 Å². The molecule has 50 heavy (non-hydrogen) atoms. The number of alkyl halides is 3. The molecular weight excluding hydrogens is 668 g/mol. The molecule has 1 amide bonds. The van der Waals surface area contributed by atoms with Gasteiger partial charge in [-0.05, 0) is 50.5 Å². The molecule has 0 spiro atoms. The second-order valence-electron chi connectivity index (χ2n) is 12.4. The van der Waals surface area contributed by atoms with Gasteiger partial charge in [0.15, 0.2) is 6.61 Å². The van der Waals surface area contributed by atoms with Crippen LogP contribution in [0, 0.1) is 0 Å². The van der Waals surface area contributed by atoms with Gasteiger partial charge in [0, 0.05) is 24.5 Å². The molecule has 0 saturated heterocycles. The Balaban J connectivity index is 1.87. The first-order chi connectivity index (χ1) is 24.1. The normalized spacial score (nSPS) is 12.7. The molecule has 0 saturated carbocycles. The maximum absolute atomic E-state index is 13.1. The van der Waals surface area contributed by atoms with Crippen LogP contribution in [0.4, 0.5) is 13.2 Å². The van der Waals surface area contributed by atoms with Crippen molar-refractivity contribution < 1.29 is 41.1 Å². The van der Waals surface area contributed by atoms with E-state index in [2.05, 4.69) is 17.2 Å². The number of nitrogens with zero attached hydrogens (tertiary/aromatic N) is 1. The predicted molar refractivity (Wildman–Crippen MR) is 193 cm³/mol. The average molecular weight is 727 g/mol.